The number of carbonyl (C=O) groups is 1. The van der Waals surface area contributed by atoms with Crippen LogP contribution in [0.4, 0.5) is 4.39 Å². The Morgan fingerprint density at radius 3 is 2.65 bits per heavy atom. The van der Waals surface area contributed by atoms with Gasteiger partial charge >= 0.3 is 5.97 Å². The summed E-state index contributed by atoms with van der Waals surface area (Å²) in [6.45, 7) is 1.99. The van der Waals surface area contributed by atoms with Crippen LogP contribution in [0.2, 0.25) is 0 Å². The molecule has 0 radical (unpaired) electrons. The molecule has 2 aromatic rings. The third-order valence-electron chi connectivity index (χ3n) is 4.28. The van der Waals surface area contributed by atoms with Crippen molar-refractivity contribution < 1.29 is 18.7 Å². The lowest BCUT2D eigenvalue weighted by Crippen LogP contribution is -2.32. The molecule has 1 aromatic carbocycles. The Balaban J connectivity index is 2.25. The van der Waals surface area contributed by atoms with Gasteiger partial charge in [-0.25, -0.2) is 9.18 Å². The Morgan fingerprint density at radius 2 is 2.04 bits per heavy atom. The average Bonchev–Trinajstić information content (AvgIpc) is 2.61. The largest absolute Gasteiger partial charge is 0.465 e. The van der Waals surface area contributed by atoms with E-state index in [0.29, 0.717) is 17.7 Å². The molecular formula is C19H19FN2O4. The first-order valence-electron chi connectivity index (χ1n) is 8.23. The molecular weight excluding hydrogens is 339 g/mol. The number of carbonyl (C=O) groups excluding carboxylic acids is 1. The fraction of sp³-hybridized carbons (Fsp3) is 0.263. The number of aromatic amines is 1. The van der Waals surface area contributed by atoms with Gasteiger partial charge in [-0.2, -0.15) is 0 Å². The normalized spacial score (nSPS) is 16.0. The number of H-pyrrole nitrogens is 1. The quantitative estimate of drug-likeness (QED) is 0.818. The van der Waals surface area contributed by atoms with E-state index in [2.05, 4.69) is 4.98 Å². The zero-order chi connectivity index (χ0) is 18.8. The highest BCUT2D eigenvalue weighted by molar-refractivity contribution is 5.92. The van der Waals surface area contributed by atoms with Gasteiger partial charge < -0.3 is 20.2 Å². The first kappa shape index (κ1) is 17.7. The van der Waals surface area contributed by atoms with Crippen LogP contribution in [0, 0.1) is 5.82 Å². The van der Waals surface area contributed by atoms with Crippen molar-refractivity contribution in [1.82, 2.24) is 4.98 Å². The average molecular weight is 358 g/mol. The van der Waals surface area contributed by atoms with Crippen molar-refractivity contribution in [2.45, 2.75) is 25.7 Å². The number of hydrogen-bond donors (Lipinski definition) is 2. The molecule has 0 saturated heterocycles. The molecule has 1 unspecified atom stereocenters. The second kappa shape index (κ2) is 7.03. The highest BCUT2D eigenvalue weighted by atomic mass is 19.1. The number of ether oxygens (including phenoxy) is 2. The third kappa shape index (κ3) is 3.08. The molecule has 26 heavy (non-hydrogen) atoms. The summed E-state index contributed by atoms with van der Waals surface area (Å²) in [6, 6.07) is 7.23. The number of rotatable bonds is 4. The highest BCUT2D eigenvalue weighted by Gasteiger charge is 2.37. The standard InChI is InChI=1S/C19H19FN2O4/c1-3-4-12-9-13-15(18(23)22-12)14(10-5-7-11(20)8-6-10)16(17(21)26-13)19(24)25-2/h5-9,14H,3-4,21H2,1-2H3,(H,22,23). The number of methoxy groups -OCH3 is 1. The van der Waals surface area contributed by atoms with Crippen LogP contribution in [-0.2, 0) is 16.0 Å². The van der Waals surface area contributed by atoms with E-state index < -0.39 is 17.7 Å². The minimum atomic E-state index is -0.814. The van der Waals surface area contributed by atoms with Gasteiger partial charge in [-0.05, 0) is 24.1 Å². The maximum atomic E-state index is 13.3. The second-order valence-electron chi connectivity index (χ2n) is 6.01. The van der Waals surface area contributed by atoms with Gasteiger partial charge in [0.25, 0.3) is 5.56 Å². The summed E-state index contributed by atoms with van der Waals surface area (Å²) in [5.41, 5.74) is 7.09. The van der Waals surface area contributed by atoms with Crippen LogP contribution in [0.5, 0.6) is 5.75 Å². The molecule has 0 amide bonds. The molecule has 3 rings (SSSR count). The number of hydrogen-bond acceptors (Lipinski definition) is 5. The van der Waals surface area contributed by atoms with Gasteiger partial charge in [-0.15, -0.1) is 0 Å². The van der Waals surface area contributed by atoms with Crippen LogP contribution in [0.25, 0.3) is 0 Å². The molecule has 0 spiro atoms. The lowest BCUT2D eigenvalue weighted by atomic mass is 9.83. The van der Waals surface area contributed by atoms with E-state index in [1.165, 1.54) is 31.4 Å². The van der Waals surface area contributed by atoms with Crippen molar-refractivity contribution in [3.05, 3.63) is 74.8 Å². The summed E-state index contributed by atoms with van der Waals surface area (Å²) in [4.78, 5) is 27.9. The van der Waals surface area contributed by atoms with Gasteiger partial charge in [0, 0.05) is 11.8 Å². The molecule has 0 aliphatic carbocycles. The predicted octanol–water partition coefficient (Wildman–Crippen LogP) is 2.33. The van der Waals surface area contributed by atoms with E-state index in [4.69, 9.17) is 15.2 Å². The smallest absolute Gasteiger partial charge is 0.340 e. The lowest BCUT2D eigenvalue weighted by Gasteiger charge is -2.27. The van der Waals surface area contributed by atoms with E-state index in [1.807, 2.05) is 6.92 Å². The van der Waals surface area contributed by atoms with Crippen LogP contribution in [0.15, 0.2) is 46.6 Å². The molecule has 1 aliphatic heterocycles. The molecule has 2 heterocycles. The Kier molecular flexibility index (Phi) is 4.79. The Morgan fingerprint density at radius 1 is 1.35 bits per heavy atom. The fourth-order valence-electron chi connectivity index (χ4n) is 3.14. The highest BCUT2D eigenvalue weighted by Crippen LogP contribution is 2.40. The monoisotopic (exact) mass is 358 g/mol. The van der Waals surface area contributed by atoms with Gasteiger partial charge in [-0.1, -0.05) is 25.5 Å². The van der Waals surface area contributed by atoms with Crippen molar-refractivity contribution in [3.63, 3.8) is 0 Å². The molecule has 0 fully saturated rings. The number of esters is 1. The minimum absolute atomic E-state index is 0.0142. The van der Waals surface area contributed by atoms with Gasteiger partial charge in [0.05, 0.1) is 18.6 Å². The number of fused-ring (bicyclic) bond motifs is 1. The van der Waals surface area contributed by atoms with Crippen molar-refractivity contribution in [3.8, 4) is 5.75 Å². The number of halogens is 1. The number of nitrogens with one attached hydrogen (secondary N) is 1. The van der Waals surface area contributed by atoms with E-state index in [0.717, 1.165) is 6.42 Å². The Hall–Kier alpha value is -3.09. The van der Waals surface area contributed by atoms with Crippen LogP contribution < -0.4 is 16.0 Å². The summed E-state index contributed by atoms with van der Waals surface area (Å²) < 4.78 is 23.7. The molecule has 136 valence electrons. The molecule has 6 nitrogen and oxygen atoms in total. The molecule has 1 aromatic heterocycles. The summed E-state index contributed by atoms with van der Waals surface area (Å²) >= 11 is 0. The van der Waals surface area contributed by atoms with Gasteiger partial charge in [0.1, 0.15) is 17.1 Å². The molecule has 0 bridgehead atoms. The van der Waals surface area contributed by atoms with Crippen LogP contribution in [0.1, 0.15) is 36.1 Å². The van der Waals surface area contributed by atoms with Gasteiger partial charge in [0.2, 0.25) is 5.88 Å². The van der Waals surface area contributed by atoms with Crippen molar-refractivity contribution in [2.24, 2.45) is 5.73 Å². The van der Waals surface area contributed by atoms with E-state index in [9.17, 15) is 14.0 Å². The predicted molar refractivity (Wildman–Crippen MR) is 93.2 cm³/mol. The van der Waals surface area contributed by atoms with E-state index in [1.54, 1.807) is 6.07 Å². The Bertz CT molecular complexity index is 932. The minimum Gasteiger partial charge on any atom is -0.465 e. The summed E-state index contributed by atoms with van der Waals surface area (Å²) in [6.07, 6.45) is 1.51. The number of pyridine rings is 1. The van der Waals surface area contributed by atoms with Crippen molar-refractivity contribution in [1.29, 1.82) is 0 Å². The fourth-order valence-corrected chi connectivity index (χ4v) is 3.14. The lowest BCUT2D eigenvalue weighted by molar-refractivity contribution is -0.136. The van der Waals surface area contributed by atoms with E-state index in [-0.39, 0.29) is 28.3 Å². The first-order valence-corrected chi connectivity index (χ1v) is 8.23. The zero-order valence-corrected chi connectivity index (χ0v) is 14.5. The third-order valence-corrected chi connectivity index (χ3v) is 4.28. The first-order chi connectivity index (χ1) is 12.5. The second-order valence-corrected chi connectivity index (χ2v) is 6.01. The maximum absolute atomic E-state index is 13.3. The summed E-state index contributed by atoms with van der Waals surface area (Å²) in [5, 5.41) is 0. The molecule has 1 aliphatic rings. The maximum Gasteiger partial charge on any atom is 0.340 e. The van der Waals surface area contributed by atoms with Gasteiger partial charge in [-0.3, -0.25) is 4.79 Å². The molecule has 0 saturated carbocycles. The van der Waals surface area contributed by atoms with Crippen LogP contribution >= 0.6 is 0 Å². The molecule has 7 heteroatoms. The SMILES string of the molecule is CCCc1cc2c(c(=O)[nH]1)C(c1ccc(F)cc1)C(C(=O)OC)=C(N)O2. The number of nitrogens with two attached hydrogens (primary N) is 1. The summed E-state index contributed by atoms with van der Waals surface area (Å²) in [7, 11) is 1.22. The van der Waals surface area contributed by atoms with Crippen molar-refractivity contribution in [2.75, 3.05) is 7.11 Å². The van der Waals surface area contributed by atoms with Crippen LogP contribution in [-0.4, -0.2) is 18.1 Å². The summed E-state index contributed by atoms with van der Waals surface area (Å²) in [5.74, 6) is -1.79. The van der Waals surface area contributed by atoms with E-state index >= 15 is 0 Å². The zero-order valence-electron chi connectivity index (χ0n) is 14.5. The number of benzene rings is 1. The van der Waals surface area contributed by atoms with Crippen molar-refractivity contribution >= 4 is 5.97 Å². The number of aryl methyl sites for hydroxylation is 1. The number of aromatic nitrogens is 1. The topological polar surface area (TPSA) is 94.4 Å². The molecule has 1 atom stereocenters. The van der Waals surface area contributed by atoms with Gasteiger partial charge in [0.15, 0.2) is 0 Å². The molecule has 3 N–H and O–H groups in total. The Labute approximate surface area is 149 Å². The van der Waals surface area contributed by atoms with Crippen LogP contribution in [0.3, 0.4) is 0 Å².